The summed E-state index contributed by atoms with van der Waals surface area (Å²) in [5.41, 5.74) is 0.877. The lowest BCUT2D eigenvalue weighted by atomic mass is 10.0. The highest BCUT2D eigenvalue weighted by Crippen LogP contribution is 2.16. The van der Waals surface area contributed by atoms with Crippen molar-refractivity contribution in [3.63, 3.8) is 0 Å². The van der Waals surface area contributed by atoms with Gasteiger partial charge in [-0.05, 0) is 43.0 Å². The van der Waals surface area contributed by atoms with Gasteiger partial charge in [-0.15, -0.1) is 0 Å². The largest absolute Gasteiger partial charge is 0.338 e. The molecule has 0 aliphatic carbocycles. The highest BCUT2D eigenvalue weighted by molar-refractivity contribution is 5.79. The third-order valence-electron chi connectivity index (χ3n) is 3.91. The van der Waals surface area contributed by atoms with Gasteiger partial charge in [-0.3, -0.25) is 4.79 Å². The van der Waals surface area contributed by atoms with E-state index >= 15 is 0 Å². The Morgan fingerprint density at radius 1 is 1.38 bits per heavy atom. The van der Waals surface area contributed by atoms with E-state index in [1.165, 1.54) is 12.1 Å². The summed E-state index contributed by atoms with van der Waals surface area (Å²) >= 11 is 0. The number of rotatable bonds is 4. The molecule has 0 aromatic heterocycles. The predicted octanol–water partition coefficient (Wildman–Crippen LogP) is 2.60. The maximum atomic E-state index is 12.9. The Hall–Kier alpha value is -1.42. The van der Waals surface area contributed by atoms with E-state index in [2.05, 4.69) is 19.2 Å². The van der Waals surface area contributed by atoms with Crippen LogP contribution in [0.3, 0.4) is 0 Å². The lowest BCUT2D eigenvalue weighted by Gasteiger charge is -2.31. The molecule has 1 aliphatic heterocycles. The van der Waals surface area contributed by atoms with E-state index in [4.69, 9.17) is 0 Å². The fourth-order valence-electron chi connectivity index (χ4n) is 2.90. The van der Waals surface area contributed by atoms with Gasteiger partial charge in [0.15, 0.2) is 0 Å². The van der Waals surface area contributed by atoms with Gasteiger partial charge in [0, 0.05) is 19.1 Å². The summed E-state index contributed by atoms with van der Waals surface area (Å²) in [6.07, 6.45) is 2.36. The van der Waals surface area contributed by atoms with Gasteiger partial charge in [0.2, 0.25) is 5.91 Å². The van der Waals surface area contributed by atoms with Crippen LogP contribution in [0.2, 0.25) is 0 Å². The summed E-state index contributed by atoms with van der Waals surface area (Å²) in [5, 5.41) is 3.42. The lowest BCUT2D eigenvalue weighted by Crippen LogP contribution is -2.45. The van der Waals surface area contributed by atoms with Crippen molar-refractivity contribution < 1.29 is 9.18 Å². The van der Waals surface area contributed by atoms with Crippen LogP contribution in [0.1, 0.15) is 32.3 Å². The van der Waals surface area contributed by atoms with Gasteiger partial charge in [0.1, 0.15) is 5.82 Å². The molecule has 116 valence electrons. The smallest absolute Gasteiger partial charge is 0.227 e. The van der Waals surface area contributed by atoms with Crippen LogP contribution in [-0.4, -0.2) is 36.5 Å². The molecule has 3 nitrogen and oxygen atoms in total. The molecular formula is C17H25FN2O. The third-order valence-corrected chi connectivity index (χ3v) is 3.91. The van der Waals surface area contributed by atoms with Crippen LogP contribution in [0.5, 0.6) is 0 Å². The zero-order chi connectivity index (χ0) is 15.2. The number of carbonyl (C=O) groups excluding carboxylic acids is 1. The molecule has 1 aromatic rings. The first kappa shape index (κ1) is 16.0. The Morgan fingerprint density at radius 2 is 2.10 bits per heavy atom. The molecule has 1 atom stereocenters. The molecule has 0 spiro atoms. The first-order valence-corrected chi connectivity index (χ1v) is 7.81. The van der Waals surface area contributed by atoms with Gasteiger partial charge in [-0.1, -0.05) is 26.0 Å². The molecule has 1 aromatic carbocycles. The highest BCUT2D eigenvalue weighted by atomic mass is 19.1. The number of hydrogen-bond acceptors (Lipinski definition) is 2. The van der Waals surface area contributed by atoms with Crippen LogP contribution >= 0.6 is 0 Å². The van der Waals surface area contributed by atoms with E-state index < -0.39 is 0 Å². The van der Waals surface area contributed by atoms with Crippen LogP contribution in [-0.2, 0) is 11.2 Å². The van der Waals surface area contributed by atoms with Crippen molar-refractivity contribution in [1.29, 1.82) is 0 Å². The number of carbonyl (C=O) groups is 1. The average Bonchev–Trinajstić information content (AvgIpc) is 2.66. The van der Waals surface area contributed by atoms with Crippen LogP contribution in [0.4, 0.5) is 4.39 Å². The molecule has 1 heterocycles. The maximum Gasteiger partial charge on any atom is 0.227 e. The number of hydrogen-bond donors (Lipinski definition) is 1. The van der Waals surface area contributed by atoms with E-state index in [1.807, 2.05) is 4.90 Å². The molecule has 1 fully saturated rings. The molecule has 1 aliphatic rings. The summed E-state index contributed by atoms with van der Waals surface area (Å²) in [6.45, 7) is 7.02. The van der Waals surface area contributed by atoms with Crippen LogP contribution < -0.4 is 5.32 Å². The van der Waals surface area contributed by atoms with Gasteiger partial charge in [-0.2, -0.15) is 0 Å². The van der Waals surface area contributed by atoms with E-state index in [1.54, 1.807) is 12.1 Å². The summed E-state index contributed by atoms with van der Waals surface area (Å²) < 4.78 is 12.9. The first-order valence-electron chi connectivity index (χ1n) is 7.81. The molecule has 1 saturated heterocycles. The van der Waals surface area contributed by atoms with Crippen molar-refractivity contribution in [2.45, 2.75) is 39.2 Å². The lowest BCUT2D eigenvalue weighted by molar-refractivity contribution is -0.132. The number of halogens is 1. The van der Waals surface area contributed by atoms with E-state index in [-0.39, 0.29) is 17.8 Å². The molecule has 1 N–H and O–H groups in total. The highest BCUT2D eigenvalue weighted by Gasteiger charge is 2.25. The minimum absolute atomic E-state index is 0.149. The third kappa shape index (κ3) is 4.81. The standard InChI is InChI=1S/C17H25FN2O/c1-13(2)10-16-12-19-8-3-9-20(16)17(21)11-14-4-6-15(18)7-5-14/h4-7,13,16,19H,3,8-12H2,1-2H3. The van der Waals surface area contributed by atoms with Crippen molar-refractivity contribution in [3.8, 4) is 0 Å². The van der Waals surface area contributed by atoms with E-state index in [9.17, 15) is 9.18 Å². The second-order valence-electron chi connectivity index (χ2n) is 6.23. The maximum absolute atomic E-state index is 12.9. The summed E-state index contributed by atoms with van der Waals surface area (Å²) in [4.78, 5) is 14.6. The van der Waals surface area contributed by atoms with Crippen molar-refractivity contribution in [2.24, 2.45) is 5.92 Å². The summed E-state index contributed by atoms with van der Waals surface area (Å²) in [5.74, 6) is 0.454. The molecular weight excluding hydrogens is 267 g/mol. The minimum atomic E-state index is -0.261. The van der Waals surface area contributed by atoms with Crippen LogP contribution in [0.15, 0.2) is 24.3 Å². The topological polar surface area (TPSA) is 32.3 Å². The second-order valence-corrected chi connectivity index (χ2v) is 6.23. The monoisotopic (exact) mass is 292 g/mol. The molecule has 1 unspecified atom stereocenters. The second kappa shape index (κ2) is 7.55. The van der Waals surface area contributed by atoms with Gasteiger partial charge in [0.25, 0.3) is 0 Å². The molecule has 0 saturated carbocycles. The minimum Gasteiger partial charge on any atom is -0.338 e. The van der Waals surface area contributed by atoms with Crippen molar-refractivity contribution >= 4 is 5.91 Å². The number of nitrogens with zero attached hydrogens (tertiary/aromatic N) is 1. The van der Waals surface area contributed by atoms with E-state index in [0.717, 1.165) is 38.0 Å². The predicted molar refractivity (Wildman–Crippen MR) is 82.5 cm³/mol. The van der Waals surface area contributed by atoms with E-state index in [0.29, 0.717) is 12.3 Å². The van der Waals surface area contributed by atoms with Crippen molar-refractivity contribution in [3.05, 3.63) is 35.6 Å². The first-order chi connectivity index (χ1) is 10.1. The zero-order valence-corrected chi connectivity index (χ0v) is 12.9. The van der Waals surface area contributed by atoms with Crippen molar-refractivity contribution in [2.75, 3.05) is 19.6 Å². The zero-order valence-electron chi connectivity index (χ0n) is 12.9. The van der Waals surface area contributed by atoms with Gasteiger partial charge in [-0.25, -0.2) is 4.39 Å². The fraction of sp³-hybridized carbons (Fsp3) is 0.588. The fourth-order valence-corrected chi connectivity index (χ4v) is 2.90. The molecule has 21 heavy (non-hydrogen) atoms. The average molecular weight is 292 g/mol. The Labute approximate surface area is 126 Å². The SMILES string of the molecule is CC(C)CC1CNCCCN1C(=O)Cc1ccc(F)cc1. The Kier molecular flexibility index (Phi) is 5.74. The molecule has 0 radical (unpaired) electrons. The molecule has 2 rings (SSSR count). The van der Waals surface area contributed by atoms with Crippen LogP contribution in [0, 0.1) is 11.7 Å². The van der Waals surface area contributed by atoms with Crippen molar-refractivity contribution in [1.82, 2.24) is 10.2 Å². The van der Waals surface area contributed by atoms with Gasteiger partial charge >= 0.3 is 0 Å². The number of amides is 1. The normalized spacial score (nSPS) is 19.6. The molecule has 4 heteroatoms. The van der Waals surface area contributed by atoms with Gasteiger partial charge < -0.3 is 10.2 Å². The summed E-state index contributed by atoms with van der Waals surface area (Å²) in [6, 6.07) is 6.48. The molecule has 1 amide bonds. The van der Waals surface area contributed by atoms with Crippen LogP contribution in [0.25, 0.3) is 0 Å². The molecule has 0 bridgehead atoms. The quantitative estimate of drug-likeness (QED) is 0.925. The Morgan fingerprint density at radius 3 is 2.76 bits per heavy atom. The number of nitrogens with one attached hydrogen (secondary N) is 1. The Bertz CT molecular complexity index is 458. The number of benzene rings is 1. The van der Waals surface area contributed by atoms with Gasteiger partial charge in [0.05, 0.1) is 6.42 Å². The summed E-state index contributed by atoms with van der Waals surface area (Å²) in [7, 11) is 0. The Balaban J connectivity index is 2.04.